The summed E-state index contributed by atoms with van der Waals surface area (Å²) in [7, 11) is 0. The molecule has 88 valence electrons. The van der Waals surface area contributed by atoms with Crippen molar-refractivity contribution in [3.8, 4) is 0 Å². The summed E-state index contributed by atoms with van der Waals surface area (Å²) >= 11 is 0. The fraction of sp³-hybridized carbons (Fsp3) is 0.583. The van der Waals surface area contributed by atoms with Crippen LogP contribution in [0.4, 0.5) is 0 Å². The summed E-state index contributed by atoms with van der Waals surface area (Å²) in [5.41, 5.74) is 0. The number of rotatable bonds is 4. The second-order valence-electron chi connectivity index (χ2n) is 4.34. The number of furan rings is 1. The van der Waals surface area contributed by atoms with Gasteiger partial charge in [0.05, 0.1) is 12.3 Å². The minimum atomic E-state index is -0.0429. The Morgan fingerprint density at radius 3 is 3.25 bits per heavy atom. The van der Waals surface area contributed by atoms with Gasteiger partial charge in [0.1, 0.15) is 5.76 Å². The van der Waals surface area contributed by atoms with Crippen LogP contribution in [-0.4, -0.2) is 24.5 Å². The van der Waals surface area contributed by atoms with Crippen LogP contribution in [-0.2, 0) is 11.2 Å². The SMILES string of the molecule is CC(Cc1ccco1)NC1CCCNC1=O. The van der Waals surface area contributed by atoms with Gasteiger partial charge in [-0.3, -0.25) is 4.79 Å². The molecule has 1 aromatic heterocycles. The molecule has 4 heteroatoms. The Balaban J connectivity index is 1.82. The number of carbonyl (C=O) groups is 1. The normalized spacial score (nSPS) is 22.8. The summed E-state index contributed by atoms with van der Waals surface area (Å²) in [4.78, 5) is 11.5. The van der Waals surface area contributed by atoms with Crippen LogP contribution in [0.5, 0.6) is 0 Å². The number of hydrogen-bond donors (Lipinski definition) is 2. The van der Waals surface area contributed by atoms with E-state index in [0.29, 0.717) is 0 Å². The molecule has 1 aromatic rings. The molecule has 2 atom stereocenters. The zero-order valence-electron chi connectivity index (χ0n) is 9.53. The number of amides is 1. The maximum absolute atomic E-state index is 11.5. The highest BCUT2D eigenvalue weighted by Crippen LogP contribution is 2.08. The van der Waals surface area contributed by atoms with Crippen LogP contribution in [0.15, 0.2) is 22.8 Å². The fourth-order valence-electron chi connectivity index (χ4n) is 2.06. The third-order valence-electron chi connectivity index (χ3n) is 2.86. The number of piperidine rings is 1. The van der Waals surface area contributed by atoms with Crippen LogP contribution >= 0.6 is 0 Å². The number of carbonyl (C=O) groups excluding carboxylic acids is 1. The lowest BCUT2D eigenvalue weighted by molar-refractivity contribution is -0.124. The van der Waals surface area contributed by atoms with Gasteiger partial charge < -0.3 is 15.1 Å². The molecule has 2 heterocycles. The highest BCUT2D eigenvalue weighted by atomic mass is 16.3. The largest absolute Gasteiger partial charge is 0.469 e. The standard InChI is InChI=1S/C12H18N2O2/c1-9(8-10-4-3-7-16-10)14-11-5-2-6-13-12(11)15/h3-4,7,9,11,14H,2,5-6,8H2,1H3,(H,13,15). The highest BCUT2D eigenvalue weighted by Gasteiger charge is 2.23. The van der Waals surface area contributed by atoms with E-state index in [-0.39, 0.29) is 18.0 Å². The van der Waals surface area contributed by atoms with Crippen LogP contribution in [0, 0.1) is 0 Å². The molecule has 16 heavy (non-hydrogen) atoms. The van der Waals surface area contributed by atoms with E-state index in [1.165, 1.54) is 0 Å². The van der Waals surface area contributed by atoms with Gasteiger partial charge in [0.25, 0.3) is 0 Å². The molecule has 1 aliphatic heterocycles. The molecular weight excluding hydrogens is 204 g/mol. The monoisotopic (exact) mass is 222 g/mol. The Hall–Kier alpha value is -1.29. The van der Waals surface area contributed by atoms with Crippen molar-refractivity contribution in [2.45, 2.75) is 38.3 Å². The molecule has 0 spiro atoms. The predicted octanol–water partition coefficient (Wildman–Crippen LogP) is 1.08. The van der Waals surface area contributed by atoms with Crippen molar-refractivity contribution in [3.05, 3.63) is 24.2 Å². The molecule has 4 nitrogen and oxygen atoms in total. The maximum atomic E-state index is 11.5. The quantitative estimate of drug-likeness (QED) is 0.801. The van der Waals surface area contributed by atoms with Gasteiger partial charge in [-0.15, -0.1) is 0 Å². The van der Waals surface area contributed by atoms with E-state index in [1.54, 1.807) is 6.26 Å². The van der Waals surface area contributed by atoms with E-state index in [2.05, 4.69) is 17.6 Å². The summed E-state index contributed by atoms with van der Waals surface area (Å²) < 4.78 is 5.28. The first kappa shape index (κ1) is 11.2. The van der Waals surface area contributed by atoms with Crippen molar-refractivity contribution in [1.29, 1.82) is 0 Å². The molecule has 0 radical (unpaired) electrons. The maximum Gasteiger partial charge on any atom is 0.237 e. The first-order valence-electron chi connectivity index (χ1n) is 5.82. The Morgan fingerprint density at radius 2 is 2.56 bits per heavy atom. The summed E-state index contributed by atoms with van der Waals surface area (Å²) in [5.74, 6) is 1.08. The lowest BCUT2D eigenvalue weighted by atomic mass is 10.0. The van der Waals surface area contributed by atoms with Crippen LogP contribution < -0.4 is 10.6 Å². The Morgan fingerprint density at radius 1 is 1.69 bits per heavy atom. The molecule has 0 saturated carbocycles. The van der Waals surface area contributed by atoms with Crippen LogP contribution in [0.3, 0.4) is 0 Å². The molecular formula is C12H18N2O2. The molecule has 1 amide bonds. The van der Waals surface area contributed by atoms with Crippen LogP contribution in [0.1, 0.15) is 25.5 Å². The first-order chi connectivity index (χ1) is 7.75. The summed E-state index contributed by atoms with van der Waals surface area (Å²) in [5, 5.41) is 6.21. The van der Waals surface area contributed by atoms with Gasteiger partial charge in [-0.25, -0.2) is 0 Å². The van der Waals surface area contributed by atoms with Gasteiger partial charge >= 0.3 is 0 Å². The van der Waals surface area contributed by atoms with Crippen molar-refractivity contribution in [2.75, 3.05) is 6.54 Å². The lowest BCUT2D eigenvalue weighted by Crippen LogP contribution is -2.51. The minimum absolute atomic E-state index is 0.0429. The minimum Gasteiger partial charge on any atom is -0.469 e. The number of nitrogens with one attached hydrogen (secondary N) is 2. The second kappa shape index (κ2) is 5.16. The first-order valence-corrected chi connectivity index (χ1v) is 5.82. The second-order valence-corrected chi connectivity index (χ2v) is 4.34. The molecule has 2 unspecified atom stereocenters. The van der Waals surface area contributed by atoms with Gasteiger partial charge in [-0.2, -0.15) is 0 Å². The molecule has 0 aliphatic carbocycles. The van der Waals surface area contributed by atoms with Crippen molar-refractivity contribution >= 4 is 5.91 Å². The molecule has 1 saturated heterocycles. The van der Waals surface area contributed by atoms with Gasteiger partial charge in [0, 0.05) is 19.0 Å². The lowest BCUT2D eigenvalue weighted by Gasteiger charge is -2.25. The zero-order chi connectivity index (χ0) is 11.4. The highest BCUT2D eigenvalue weighted by molar-refractivity contribution is 5.82. The molecule has 2 N–H and O–H groups in total. The molecule has 0 aromatic carbocycles. The fourth-order valence-corrected chi connectivity index (χ4v) is 2.06. The van der Waals surface area contributed by atoms with Gasteiger partial charge in [-0.05, 0) is 31.9 Å². The zero-order valence-corrected chi connectivity index (χ0v) is 9.53. The van der Waals surface area contributed by atoms with E-state index in [4.69, 9.17) is 4.42 Å². The van der Waals surface area contributed by atoms with Crippen LogP contribution in [0.25, 0.3) is 0 Å². The van der Waals surface area contributed by atoms with Gasteiger partial charge in [0.2, 0.25) is 5.91 Å². The topological polar surface area (TPSA) is 54.3 Å². The Kier molecular flexibility index (Phi) is 3.62. The predicted molar refractivity (Wildman–Crippen MR) is 61.0 cm³/mol. The van der Waals surface area contributed by atoms with E-state index in [0.717, 1.165) is 31.6 Å². The summed E-state index contributed by atoms with van der Waals surface area (Å²) in [6.07, 6.45) is 4.47. The molecule has 2 rings (SSSR count). The van der Waals surface area contributed by atoms with Crippen molar-refractivity contribution in [2.24, 2.45) is 0 Å². The summed E-state index contributed by atoms with van der Waals surface area (Å²) in [6, 6.07) is 4.05. The average molecular weight is 222 g/mol. The Bertz CT molecular complexity index is 335. The third kappa shape index (κ3) is 2.85. The molecule has 0 bridgehead atoms. The summed E-state index contributed by atoms with van der Waals surface area (Å²) in [6.45, 7) is 2.88. The smallest absolute Gasteiger partial charge is 0.237 e. The van der Waals surface area contributed by atoms with Crippen molar-refractivity contribution in [3.63, 3.8) is 0 Å². The van der Waals surface area contributed by atoms with Crippen LogP contribution in [0.2, 0.25) is 0 Å². The molecule has 1 fully saturated rings. The van der Waals surface area contributed by atoms with E-state index >= 15 is 0 Å². The van der Waals surface area contributed by atoms with E-state index < -0.39 is 0 Å². The average Bonchev–Trinajstić information content (AvgIpc) is 2.74. The van der Waals surface area contributed by atoms with Gasteiger partial charge in [0.15, 0.2) is 0 Å². The number of hydrogen-bond acceptors (Lipinski definition) is 3. The van der Waals surface area contributed by atoms with Crippen molar-refractivity contribution < 1.29 is 9.21 Å². The third-order valence-corrected chi connectivity index (χ3v) is 2.86. The van der Waals surface area contributed by atoms with E-state index in [1.807, 2.05) is 12.1 Å². The van der Waals surface area contributed by atoms with Crippen molar-refractivity contribution in [1.82, 2.24) is 10.6 Å². The Labute approximate surface area is 95.4 Å². The van der Waals surface area contributed by atoms with E-state index in [9.17, 15) is 4.79 Å². The molecule has 1 aliphatic rings. The van der Waals surface area contributed by atoms with Gasteiger partial charge in [-0.1, -0.05) is 0 Å².